The fourth-order valence-electron chi connectivity index (χ4n) is 1.79. The van der Waals surface area contributed by atoms with Gasteiger partial charge in [-0.15, -0.1) is 11.8 Å². The van der Waals surface area contributed by atoms with Crippen LogP contribution < -0.4 is 0 Å². The van der Waals surface area contributed by atoms with Gasteiger partial charge in [0.15, 0.2) is 0 Å². The van der Waals surface area contributed by atoms with Crippen molar-refractivity contribution in [3.05, 3.63) is 28.2 Å². The standard InChI is InChI=1S/C12H13Cl2NOS/c13-9-3-4-10(14)11(7-9)17-8-12(16)15-5-1-2-6-15/h3-4,7H,1-2,5-6,8H2. The summed E-state index contributed by atoms with van der Waals surface area (Å²) in [5.41, 5.74) is 0. The highest BCUT2D eigenvalue weighted by atomic mass is 35.5. The number of likely N-dealkylation sites (tertiary alicyclic amines) is 1. The smallest absolute Gasteiger partial charge is 0.232 e. The number of benzene rings is 1. The first-order chi connectivity index (χ1) is 8.16. The Morgan fingerprint density at radius 1 is 1.29 bits per heavy atom. The van der Waals surface area contributed by atoms with Crippen LogP contribution in [-0.4, -0.2) is 29.6 Å². The summed E-state index contributed by atoms with van der Waals surface area (Å²) in [5.74, 6) is 0.614. The Bertz CT molecular complexity index is 419. The molecule has 1 amide bonds. The molecule has 1 heterocycles. The summed E-state index contributed by atoms with van der Waals surface area (Å²) >= 11 is 13.4. The molecule has 0 saturated carbocycles. The van der Waals surface area contributed by atoms with Crippen LogP contribution in [0.25, 0.3) is 0 Å². The van der Waals surface area contributed by atoms with Crippen molar-refractivity contribution in [1.82, 2.24) is 4.90 Å². The summed E-state index contributed by atoms with van der Waals surface area (Å²) in [6.45, 7) is 1.78. The van der Waals surface area contributed by atoms with Crippen molar-refractivity contribution in [2.75, 3.05) is 18.8 Å². The first kappa shape index (κ1) is 13.1. The molecule has 1 aromatic rings. The van der Waals surface area contributed by atoms with Crippen molar-refractivity contribution >= 4 is 40.9 Å². The van der Waals surface area contributed by atoms with Gasteiger partial charge >= 0.3 is 0 Å². The van der Waals surface area contributed by atoms with E-state index >= 15 is 0 Å². The third-order valence-corrected chi connectivity index (χ3v) is 4.42. The van der Waals surface area contributed by atoms with Crippen LogP contribution in [0.5, 0.6) is 0 Å². The molecule has 0 N–H and O–H groups in total. The van der Waals surface area contributed by atoms with Crippen molar-refractivity contribution in [1.29, 1.82) is 0 Å². The summed E-state index contributed by atoms with van der Waals surface area (Å²) in [4.78, 5) is 14.6. The molecule has 1 saturated heterocycles. The van der Waals surface area contributed by atoms with Gasteiger partial charge in [0.1, 0.15) is 0 Å². The Kier molecular flexibility index (Phi) is 4.60. The van der Waals surface area contributed by atoms with Crippen LogP contribution in [0.3, 0.4) is 0 Å². The molecule has 0 bridgehead atoms. The second-order valence-electron chi connectivity index (χ2n) is 3.95. The number of amides is 1. The Morgan fingerprint density at radius 3 is 2.71 bits per heavy atom. The molecule has 0 aliphatic carbocycles. The van der Waals surface area contributed by atoms with Crippen LogP contribution in [0.4, 0.5) is 0 Å². The molecule has 0 radical (unpaired) electrons. The number of hydrogen-bond donors (Lipinski definition) is 0. The van der Waals surface area contributed by atoms with Crippen molar-refractivity contribution in [2.24, 2.45) is 0 Å². The molecular weight excluding hydrogens is 277 g/mol. The largest absolute Gasteiger partial charge is 0.342 e. The van der Waals surface area contributed by atoms with Crippen molar-refractivity contribution < 1.29 is 4.79 Å². The molecule has 0 spiro atoms. The average Bonchev–Trinajstić information content (AvgIpc) is 2.83. The number of rotatable bonds is 3. The molecule has 1 aromatic carbocycles. The van der Waals surface area contributed by atoms with E-state index in [9.17, 15) is 4.79 Å². The van der Waals surface area contributed by atoms with Crippen molar-refractivity contribution in [3.63, 3.8) is 0 Å². The third-order valence-electron chi connectivity index (χ3n) is 2.70. The van der Waals surface area contributed by atoms with Gasteiger partial charge in [0.25, 0.3) is 0 Å². The van der Waals surface area contributed by atoms with E-state index in [2.05, 4.69) is 0 Å². The lowest BCUT2D eigenvalue weighted by atomic mass is 10.4. The number of carbonyl (C=O) groups is 1. The highest BCUT2D eigenvalue weighted by Gasteiger charge is 2.18. The molecule has 2 rings (SSSR count). The highest BCUT2D eigenvalue weighted by Crippen LogP contribution is 2.30. The first-order valence-corrected chi connectivity index (χ1v) is 7.26. The molecule has 2 nitrogen and oxygen atoms in total. The lowest BCUT2D eigenvalue weighted by Gasteiger charge is -2.14. The monoisotopic (exact) mass is 289 g/mol. The molecule has 5 heteroatoms. The predicted molar refractivity (Wildman–Crippen MR) is 73.0 cm³/mol. The molecule has 92 valence electrons. The van der Waals surface area contributed by atoms with Gasteiger partial charge in [-0.25, -0.2) is 0 Å². The van der Waals surface area contributed by atoms with Gasteiger partial charge in [-0.2, -0.15) is 0 Å². The number of nitrogens with zero attached hydrogens (tertiary/aromatic N) is 1. The van der Waals surface area contributed by atoms with Gasteiger partial charge in [-0.05, 0) is 31.0 Å². The minimum atomic E-state index is 0.184. The van der Waals surface area contributed by atoms with E-state index in [-0.39, 0.29) is 5.91 Å². The van der Waals surface area contributed by atoms with E-state index in [0.29, 0.717) is 15.8 Å². The van der Waals surface area contributed by atoms with Crippen molar-refractivity contribution in [2.45, 2.75) is 17.7 Å². The SMILES string of the molecule is O=C(CSc1cc(Cl)ccc1Cl)N1CCCC1. The predicted octanol–water partition coefficient (Wildman–Crippen LogP) is 3.71. The Hall–Kier alpha value is -0.380. The number of carbonyl (C=O) groups excluding carboxylic acids is 1. The molecule has 0 aromatic heterocycles. The zero-order valence-electron chi connectivity index (χ0n) is 9.29. The number of hydrogen-bond acceptors (Lipinski definition) is 2. The lowest BCUT2D eigenvalue weighted by Crippen LogP contribution is -2.29. The van der Waals surface area contributed by atoms with Crippen LogP contribution in [0.15, 0.2) is 23.1 Å². The number of halogens is 2. The second-order valence-corrected chi connectivity index (χ2v) is 5.81. The summed E-state index contributed by atoms with van der Waals surface area (Å²) in [7, 11) is 0. The van der Waals surface area contributed by atoms with E-state index in [4.69, 9.17) is 23.2 Å². The van der Waals surface area contributed by atoms with E-state index in [1.54, 1.807) is 18.2 Å². The normalized spacial score (nSPS) is 15.3. The summed E-state index contributed by atoms with van der Waals surface area (Å²) in [6.07, 6.45) is 2.24. The Balaban J connectivity index is 1.92. The molecule has 0 atom stereocenters. The van der Waals surface area contributed by atoms with E-state index in [1.807, 2.05) is 4.90 Å². The average molecular weight is 290 g/mol. The minimum absolute atomic E-state index is 0.184. The zero-order valence-corrected chi connectivity index (χ0v) is 11.6. The summed E-state index contributed by atoms with van der Waals surface area (Å²) in [6, 6.07) is 5.30. The van der Waals surface area contributed by atoms with Gasteiger partial charge in [0.2, 0.25) is 5.91 Å². The quantitative estimate of drug-likeness (QED) is 0.791. The summed E-state index contributed by atoms with van der Waals surface area (Å²) < 4.78 is 0. The van der Waals surface area contributed by atoms with Crippen LogP contribution >= 0.6 is 35.0 Å². The molecule has 1 fully saturated rings. The van der Waals surface area contributed by atoms with Gasteiger partial charge in [0.05, 0.1) is 10.8 Å². The maximum atomic E-state index is 11.8. The second kappa shape index (κ2) is 5.98. The van der Waals surface area contributed by atoms with Crippen molar-refractivity contribution in [3.8, 4) is 0 Å². The fraction of sp³-hybridized carbons (Fsp3) is 0.417. The third kappa shape index (κ3) is 3.54. The van der Waals surface area contributed by atoms with Crippen LogP contribution in [0, 0.1) is 0 Å². The zero-order chi connectivity index (χ0) is 12.3. The topological polar surface area (TPSA) is 20.3 Å². The van der Waals surface area contributed by atoms with E-state index in [0.717, 1.165) is 30.8 Å². The summed E-state index contributed by atoms with van der Waals surface area (Å²) in [5, 5.41) is 1.29. The maximum absolute atomic E-state index is 11.8. The van der Waals surface area contributed by atoms with Crippen LogP contribution in [0.2, 0.25) is 10.0 Å². The molecule has 17 heavy (non-hydrogen) atoms. The molecule has 1 aliphatic heterocycles. The highest BCUT2D eigenvalue weighted by molar-refractivity contribution is 8.00. The van der Waals surface area contributed by atoms with Crippen LogP contribution in [-0.2, 0) is 4.79 Å². The molecular formula is C12H13Cl2NOS. The fourth-order valence-corrected chi connectivity index (χ4v) is 3.18. The minimum Gasteiger partial charge on any atom is -0.342 e. The van der Waals surface area contributed by atoms with Crippen LogP contribution in [0.1, 0.15) is 12.8 Å². The van der Waals surface area contributed by atoms with E-state index < -0.39 is 0 Å². The number of thioether (sulfide) groups is 1. The van der Waals surface area contributed by atoms with Gasteiger partial charge < -0.3 is 4.90 Å². The molecule has 0 unspecified atom stereocenters. The Morgan fingerprint density at radius 2 is 2.00 bits per heavy atom. The van der Waals surface area contributed by atoms with E-state index in [1.165, 1.54) is 11.8 Å². The first-order valence-electron chi connectivity index (χ1n) is 5.52. The van der Waals surface area contributed by atoms with Gasteiger partial charge in [0, 0.05) is 23.0 Å². The van der Waals surface area contributed by atoms with Gasteiger partial charge in [-0.1, -0.05) is 23.2 Å². The lowest BCUT2D eigenvalue weighted by molar-refractivity contribution is -0.127. The maximum Gasteiger partial charge on any atom is 0.232 e. The Labute approximate surface area is 115 Å². The van der Waals surface area contributed by atoms with Gasteiger partial charge in [-0.3, -0.25) is 4.79 Å². The molecule has 1 aliphatic rings.